The molecule has 1 aliphatic rings. The first-order valence-corrected chi connectivity index (χ1v) is 18.0. The third kappa shape index (κ3) is 9.40. The van der Waals surface area contributed by atoms with Crippen LogP contribution in [0.4, 0.5) is 0 Å². The molecule has 2 rings (SSSR count). The van der Waals surface area contributed by atoms with Crippen LogP contribution in [0.1, 0.15) is 102 Å². The Balaban J connectivity index is 2.60. The van der Waals surface area contributed by atoms with E-state index >= 15 is 0 Å². The van der Waals surface area contributed by atoms with Gasteiger partial charge in [-0.15, -0.1) is 0 Å². The summed E-state index contributed by atoms with van der Waals surface area (Å²) in [5, 5.41) is 3.17. The van der Waals surface area contributed by atoms with Gasteiger partial charge in [0.15, 0.2) is 8.32 Å². The van der Waals surface area contributed by atoms with Gasteiger partial charge in [-0.1, -0.05) is 52.5 Å². The first kappa shape index (κ1) is 36.0. The highest BCUT2D eigenvalue weighted by atomic mass is 28.4. The zero-order valence-electron chi connectivity index (χ0n) is 28.1. The van der Waals surface area contributed by atoms with Crippen molar-refractivity contribution in [3.8, 4) is 0 Å². The molecular weight excluding hydrogens is 560 g/mol. The number of amides is 1. The first-order valence-electron chi connectivity index (χ1n) is 15.1. The minimum atomic E-state index is -1.89. The van der Waals surface area contributed by atoms with Gasteiger partial charge in [0.1, 0.15) is 17.9 Å². The Bertz CT molecular complexity index is 1320. The van der Waals surface area contributed by atoms with E-state index in [9.17, 15) is 14.4 Å². The molecule has 0 unspecified atom stereocenters. The molecular formula is C34H52N2O6Si. The summed E-state index contributed by atoms with van der Waals surface area (Å²) >= 11 is 0. The van der Waals surface area contributed by atoms with Crippen LogP contribution in [0, 0.1) is 6.92 Å². The van der Waals surface area contributed by atoms with Gasteiger partial charge in [0.05, 0.1) is 11.4 Å². The van der Waals surface area contributed by atoms with E-state index in [1.165, 1.54) is 6.08 Å². The summed E-state index contributed by atoms with van der Waals surface area (Å²) in [6, 6.07) is 0. The second kappa shape index (κ2) is 14.5. The summed E-state index contributed by atoms with van der Waals surface area (Å²) in [4.78, 5) is 41.9. The molecule has 43 heavy (non-hydrogen) atoms. The minimum absolute atomic E-state index is 0.0873. The van der Waals surface area contributed by atoms with Crippen LogP contribution in [-0.4, -0.2) is 50.0 Å². The topological polar surface area (TPSA) is 107 Å². The molecule has 9 heteroatoms. The molecule has 0 bridgehead atoms. The van der Waals surface area contributed by atoms with Crippen molar-refractivity contribution in [3.63, 3.8) is 0 Å². The fourth-order valence-corrected chi connectivity index (χ4v) is 5.62. The molecule has 1 aromatic heterocycles. The van der Waals surface area contributed by atoms with Crippen molar-refractivity contribution in [2.45, 2.75) is 112 Å². The van der Waals surface area contributed by atoms with Crippen LogP contribution in [-0.2, 0) is 29.9 Å². The number of H-pyrrole nitrogens is 1. The van der Waals surface area contributed by atoms with Gasteiger partial charge in [-0.2, -0.15) is 0 Å². The van der Waals surface area contributed by atoms with Crippen LogP contribution in [0.15, 0.2) is 41.7 Å². The normalized spacial score (nSPS) is 15.7. The summed E-state index contributed by atoms with van der Waals surface area (Å²) < 4.78 is 17.3. The molecule has 1 aliphatic heterocycles. The number of aromatic amines is 1. The Morgan fingerprint density at radius 1 is 1.05 bits per heavy atom. The van der Waals surface area contributed by atoms with Gasteiger partial charge < -0.3 is 24.2 Å². The van der Waals surface area contributed by atoms with Crippen molar-refractivity contribution in [2.24, 2.45) is 0 Å². The van der Waals surface area contributed by atoms with Crippen LogP contribution >= 0.6 is 0 Å². The molecule has 1 aromatic rings. The molecule has 0 radical (unpaired) electrons. The Kier molecular flexibility index (Phi) is 12.2. The number of esters is 2. The lowest BCUT2D eigenvalue weighted by atomic mass is 9.97. The Labute approximate surface area is 259 Å². The van der Waals surface area contributed by atoms with Crippen LogP contribution < -0.4 is 5.32 Å². The summed E-state index contributed by atoms with van der Waals surface area (Å²) in [6.45, 7) is 26.6. The number of carbonyl (C=O) groups is 3. The zero-order chi connectivity index (χ0) is 32.8. The molecule has 0 aromatic carbocycles. The molecule has 2 N–H and O–H groups in total. The van der Waals surface area contributed by atoms with E-state index in [1.54, 1.807) is 0 Å². The Hall–Kier alpha value is -3.17. The summed E-state index contributed by atoms with van der Waals surface area (Å²) in [7, 11) is -1.89. The van der Waals surface area contributed by atoms with E-state index in [1.807, 2.05) is 53.7 Å². The molecule has 238 valence electrons. The van der Waals surface area contributed by atoms with E-state index in [4.69, 9.17) is 13.9 Å². The minimum Gasteiger partial charge on any atom is -0.461 e. The molecule has 2 heterocycles. The smallest absolute Gasteiger partial charge is 0.355 e. The fraction of sp³-hybridized carbons (Fsp3) is 0.559. The lowest BCUT2D eigenvalue weighted by molar-refractivity contribution is -0.142. The highest BCUT2D eigenvalue weighted by molar-refractivity contribution is 6.74. The standard InChI is InChI=1S/C34H52N2O6Si/c1-13-20-40-27(37)19-18-25-23(4)28(35-30(25)32(39)42-33(5,6)7)26(29-22(3)24(14-2)31(38)36-29)17-15-16-21-41-43(11,12)34(8,9)10/h13,15,17,35H,1,14,16,18-21H2,2-12H3,(H,36,38)/b17-15-,29-26-. The largest absolute Gasteiger partial charge is 0.461 e. The number of nitrogens with one attached hydrogen (secondary N) is 2. The molecule has 0 saturated carbocycles. The predicted molar refractivity (Wildman–Crippen MR) is 175 cm³/mol. The lowest BCUT2D eigenvalue weighted by Crippen LogP contribution is -2.40. The van der Waals surface area contributed by atoms with Crippen molar-refractivity contribution >= 4 is 31.7 Å². The fourth-order valence-electron chi connectivity index (χ4n) is 4.56. The first-order chi connectivity index (χ1) is 19.8. The number of carbonyl (C=O) groups excluding carboxylic acids is 3. The van der Waals surface area contributed by atoms with Crippen LogP contribution in [0.2, 0.25) is 18.1 Å². The van der Waals surface area contributed by atoms with E-state index in [2.05, 4.69) is 50.7 Å². The maximum atomic E-state index is 13.4. The molecule has 0 aliphatic carbocycles. The van der Waals surface area contributed by atoms with Gasteiger partial charge in [-0.3, -0.25) is 9.59 Å². The van der Waals surface area contributed by atoms with Gasteiger partial charge in [0, 0.05) is 24.2 Å². The van der Waals surface area contributed by atoms with Gasteiger partial charge in [0.25, 0.3) is 5.91 Å². The van der Waals surface area contributed by atoms with Gasteiger partial charge in [-0.05, 0) is 88.7 Å². The predicted octanol–water partition coefficient (Wildman–Crippen LogP) is 7.48. The third-order valence-corrected chi connectivity index (χ3v) is 12.5. The number of allylic oxidation sites excluding steroid dienone is 3. The summed E-state index contributed by atoms with van der Waals surface area (Å²) in [5.41, 5.74) is 4.78. The molecule has 0 atom stereocenters. The maximum Gasteiger partial charge on any atom is 0.355 e. The van der Waals surface area contributed by atoms with Crippen LogP contribution in [0.5, 0.6) is 0 Å². The second-order valence-corrected chi connectivity index (χ2v) is 18.3. The van der Waals surface area contributed by atoms with Crippen LogP contribution in [0.3, 0.4) is 0 Å². The maximum absolute atomic E-state index is 13.4. The number of rotatable bonds is 13. The quantitative estimate of drug-likeness (QED) is 0.104. The van der Waals surface area contributed by atoms with Crippen molar-refractivity contribution in [3.05, 3.63) is 64.2 Å². The highest BCUT2D eigenvalue weighted by Gasteiger charge is 2.37. The number of aromatic nitrogens is 1. The number of hydrogen-bond acceptors (Lipinski definition) is 6. The average Bonchev–Trinajstić information content (AvgIpc) is 3.36. The van der Waals surface area contributed by atoms with Gasteiger partial charge in [0.2, 0.25) is 0 Å². The van der Waals surface area contributed by atoms with Crippen molar-refractivity contribution in [1.29, 1.82) is 0 Å². The molecule has 1 amide bonds. The van der Waals surface area contributed by atoms with E-state index in [-0.39, 0.29) is 42.1 Å². The number of hydrogen-bond donors (Lipinski definition) is 2. The van der Waals surface area contributed by atoms with E-state index in [0.717, 1.165) is 22.3 Å². The van der Waals surface area contributed by atoms with E-state index in [0.29, 0.717) is 36.4 Å². The highest BCUT2D eigenvalue weighted by Crippen LogP contribution is 2.37. The second-order valence-electron chi connectivity index (χ2n) is 13.5. The molecule has 8 nitrogen and oxygen atoms in total. The van der Waals surface area contributed by atoms with E-state index < -0.39 is 19.9 Å². The Morgan fingerprint density at radius 3 is 2.23 bits per heavy atom. The zero-order valence-corrected chi connectivity index (χ0v) is 29.1. The third-order valence-electron chi connectivity index (χ3n) is 7.99. The summed E-state index contributed by atoms with van der Waals surface area (Å²) in [6.07, 6.45) is 7.18. The monoisotopic (exact) mass is 612 g/mol. The Morgan fingerprint density at radius 2 is 1.70 bits per heavy atom. The number of ether oxygens (including phenoxy) is 2. The SMILES string of the molecule is C=CCOC(=O)CCc1c(C(=O)OC(C)(C)C)[nH]c(C(/C=C\CCO[Si](C)(C)C(C)(C)C)=C2\NC(=O)C(CC)=C2C)c1C. The van der Waals surface area contributed by atoms with Gasteiger partial charge >= 0.3 is 11.9 Å². The summed E-state index contributed by atoms with van der Waals surface area (Å²) in [5.74, 6) is -1.01. The lowest BCUT2D eigenvalue weighted by Gasteiger charge is -2.36. The van der Waals surface area contributed by atoms with Crippen LogP contribution in [0.25, 0.3) is 5.57 Å². The van der Waals surface area contributed by atoms with Crippen molar-refractivity contribution in [2.75, 3.05) is 13.2 Å². The van der Waals surface area contributed by atoms with Gasteiger partial charge in [-0.25, -0.2) is 4.79 Å². The van der Waals surface area contributed by atoms with Crippen molar-refractivity contribution in [1.82, 2.24) is 10.3 Å². The molecule has 0 spiro atoms. The van der Waals surface area contributed by atoms with Crippen molar-refractivity contribution < 1.29 is 28.3 Å². The molecule has 0 saturated heterocycles. The average molecular weight is 613 g/mol. The molecule has 0 fully saturated rings.